The number of rotatable bonds is 50. The van der Waals surface area contributed by atoms with Crippen molar-refractivity contribution in [3.8, 4) is 0 Å². The zero-order chi connectivity index (χ0) is 45.1. The van der Waals surface area contributed by atoms with Gasteiger partial charge in [0.1, 0.15) is 0 Å². The molecule has 0 saturated heterocycles. The molecule has 0 bridgehead atoms. The van der Waals surface area contributed by atoms with Crippen LogP contribution in [0.2, 0.25) is 0 Å². The first-order chi connectivity index (χ1) is 30.5. The number of nitrogens with one attached hydrogen (secondary N) is 1. The lowest BCUT2D eigenvalue weighted by atomic mass is 10.0. The summed E-state index contributed by atoms with van der Waals surface area (Å²) in [5.41, 5.74) is 0. The number of aliphatic hydroxyl groups excluding tert-OH is 2. The Morgan fingerprint density at radius 2 is 0.806 bits per heavy atom. The largest absolute Gasteiger partial charge is 0.466 e. The molecule has 0 radical (unpaired) electrons. The molecule has 3 N–H and O–H groups in total. The number of amides is 1. The summed E-state index contributed by atoms with van der Waals surface area (Å²) in [5.74, 6) is -0.0843. The summed E-state index contributed by atoms with van der Waals surface area (Å²) >= 11 is 0. The molecule has 0 spiro atoms. The molecule has 6 nitrogen and oxygen atoms in total. The highest BCUT2D eigenvalue weighted by atomic mass is 16.5. The molecular formula is C56H105NO5. The molecule has 0 aliphatic heterocycles. The highest BCUT2D eigenvalue weighted by Crippen LogP contribution is 2.16. The van der Waals surface area contributed by atoms with Crippen LogP contribution in [0.5, 0.6) is 0 Å². The van der Waals surface area contributed by atoms with Gasteiger partial charge in [0.25, 0.3) is 0 Å². The Morgan fingerprint density at radius 3 is 1.24 bits per heavy atom. The summed E-state index contributed by atoms with van der Waals surface area (Å²) in [7, 11) is 0. The number of carbonyl (C=O) groups excluding carboxylic acids is 2. The maximum Gasteiger partial charge on any atom is 0.305 e. The topological polar surface area (TPSA) is 95.9 Å². The van der Waals surface area contributed by atoms with Gasteiger partial charge in [0, 0.05) is 12.8 Å². The van der Waals surface area contributed by atoms with Crippen LogP contribution >= 0.6 is 0 Å². The van der Waals surface area contributed by atoms with Crippen molar-refractivity contribution in [1.82, 2.24) is 5.32 Å². The third-order valence-electron chi connectivity index (χ3n) is 12.4. The molecule has 0 aliphatic rings. The molecule has 0 heterocycles. The van der Waals surface area contributed by atoms with Crippen molar-refractivity contribution in [2.24, 2.45) is 0 Å². The van der Waals surface area contributed by atoms with Gasteiger partial charge in [-0.1, -0.05) is 243 Å². The van der Waals surface area contributed by atoms with Gasteiger partial charge in [0.15, 0.2) is 0 Å². The summed E-state index contributed by atoms with van der Waals surface area (Å²) in [4.78, 5) is 24.5. The summed E-state index contributed by atoms with van der Waals surface area (Å²) in [6.07, 6.45) is 62.9. The molecule has 0 saturated carbocycles. The van der Waals surface area contributed by atoms with Crippen LogP contribution in [0.25, 0.3) is 0 Å². The van der Waals surface area contributed by atoms with Crippen LogP contribution in [0, 0.1) is 0 Å². The van der Waals surface area contributed by atoms with Crippen molar-refractivity contribution in [2.45, 2.75) is 296 Å². The predicted octanol–water partition coefficient (Wildman–Crippen LogP) is 16.5. The monoisotopic (exact) mass is 872 g/mol. The second-order valence-electron chi connectivity index (χ2n) is 18.6. The molecule has 62 heavy (non-hydrogen) atoms. The fraction of sp³-hybridized carbons (Fsp3) is 0.857. The van der Waals surface area contributed by atoms with Crippen LogP contribution in [-0.4, -0.2) is 47.4 Å². The summed E-state index contributed by atoms with van der Waals surface area (Å²) < 4.78 is 5.47. The van der Waals surface area contributed by atoms with E-state index in [0.29, 0.717) is 19.4 Å². The van der Waals surface area contributed by atoms with Crippen molar-refractivity contribution in [1.29, 1.82) is 0 Å². The molecule has 0 aromatic rings. The van der Waals surface area contributed by atoms with Gasteiger partial charge < -0.3 is 20.3 Å². The Bertz CT molecular complexity index is 1010. The van der Waals surface area contributed by atoms with E-state index in [0.717, 1.165) is 51.4 Å². The smallest absolute Gasteiger partial charge is 0.305 e. The zero-order valence-corrected chi connectivity index (χ0v) is 41.4. The minimum Gasteiger partial charge on any atom is -0.466 e. The van der Waals surface area contributed by atoms with Crippen LogP contribution in [0.3, 0.4) is 0 Å². The molecule has 0 aliphatic carbocycles. The Hall–Kier alpha value is -1.92. The number of aliphatic hydroxyl groups is 2. The van der Waals surface area contributed by atoms with Crippen LogP contribution in [0.1, 0.15) is 284 Å². The average Bonchev–Trinajstić information content (AvgIpc) is 3.27. The third-order valence-corrected chi connectivity index (χ3v) is 12.4. The minimum absolute atomic E-state index is 0.00951. The van der Waals surface area contributed by atoms with Gasteiger partial charge in [0.05, 0.1) is 25.4 Å². The highest BCUT2D eigenvalue weighted by Gasteiger charge is 2.18. The number of hydrogen-bond donors (Lipinski definition) is 3. The Balaban J connectivity index is 3.44. The lowest BCUT2D eigenvalue weighted by Gasteiger charge is -2.20. The second kappa shape index (κ2) is 51.7. The van der Waals surface area contributed by atoms with Gasteiger partial charge in [-0.15, -0.1) is 0 Å². The minimum atomic E-state index is -0.847. The SMILES string of the molecule is CCCCCC/C=C\C/C=C\CCCCCCCC(=O)OCCCCCCCCCCCCCCCCCCCC(=O)NC(CO)C(O)/C=C/CCCCCCCCCCCC. The number of carbonyl (C=O) groups is 2. The van der Waals surface area contributed by atoms with E-state index in [9.17, 15) is 19.8 Å². The van der Waals surface area contributed by atoms with E-state index >= 15 is 0 Å². The Morgan fingerprint density at radius 1 is 0.452 bits per heavy atom. The third kappa shape index (κ3) is 47.6. The number of allylic oxidation sites excluding steroid dienone is 5. The number of ether oxygens (including phenoxy) is 1. The van der Waals surface area contributed by atoms with Crippen LogP contribution in [-0.2, 0) is 14.3 Å². The van der Waals surface area contributed by atoms with Gasteiger partial charge in [-0.2, -0.15) is 0 Å². The first-order valence-electron chi connectivity index (χ1n) is 27.3. The molecule has 0 aromatic heterocycles. The first-order valence-corrected chi connectivity index (χ1v) is 27.3. The molecule has 2 atom stereocenters. The summed E-state index contributed by atoms with van der Waals surface area (Å²) in [6, 6.07) is -0.631. The van der Waals surface area contributed by atoms with Crippen molar-refractivity contribution < 1.29 is 24.5 Å². The van der Waals surface area contributed by atoms with Gasteiger partial charge in [-0.25, -0.2) is 0 Å². The highest BCUT2D eigenvalue weighted by molar-refractivity contribution is 5.76. The second-order valence-corrected chi connectivity index (χ2v) is 18.6. The molecule has 2 unspecified atom stereocenters. The van der Waals surface area contributed by atoms with Gasteiger partial charge in [-0.3, -0.25) is 9.59 Å². The first kappa shape index (κ1) is 60.1. The van der Waals surface area contributed by atoms with Crippen molar-refractivity contribution in [3.63, 3.8) is 0 Å². The van der Waals surface area contributed by atoms with Crippen LogP contribution in [0.4, 0.5) is 0 Å². The van der Waals surface area contributed by atoms with Crippen molar-refractivity contribution in [2.75, 3.05) is 13.2 Å². The fourth-order valence-corrected chi connectivity index (χ4v) is 8.19. The molecule has 6 heteroatoms. The van der Waals surface area contributed by atoms with E-state index in [4.69, 9.17) is 4.74 Å². The molecule has 364 valence electrons. The summed E-state index contributed by atoms with van der Waals surface area (Å²) in [5, 5.41) is 23.0. The van der Waals surface area contributed by atoms with Crippen molar-refractivity contribution in [3.05, 3.63) is 36.5 Å². The maximum absolute atomic E-state index is 12.4. The van der Waals surface area contributed by atoms with E-state index in [1.54, 1.807) is 6.08 Å². The number of unbranched alkanes of at least 4 members (excludes halogenated alkanes) is 35. The molecule has 0 fully saturated rings. The average molecular weight is 872 g/mol. The molecule has 0 aromatic carbocycles. The maximum atomic E-state index is 12.4. The van der Waals surface area contributed by atoms with Gasteiger partial charge in [-0.05, 0) is 64.2 Å². The number of hydrogen-bond acceptors (Lipinski definition) is 5. The van der Waals surface area contributed by atoms with Gasteiger partial charge >= 0.3 is 5.97 Å². The predicted molar refractivity (Wildman–Crippen MR) is 269 cm³/mol. The zero-order valence-electron chi connectivity index (χ0n) is 41.4. The van der Waals surface area contributed by atoms with Gasteiger partial charge in [0.2, 0.25) is 5.91 Å². The molecule has 0 rings (SSSR count). The van der Waals surface area contributed by atoms with E-state index < -0.39 is 12.1 Å². The lowest BCUT2D eigenvalue weighted by molar-refractivity contribution is -0.143. The normalized spacial score (nSPS) is 12.9. The van der Waals surface area contributed by atoms with E-state index in [-0.39, 0.29) is 18.5 Å². The Kier molecular flexibility index (Phi) is 50.1. The van der Waals surface area contributed by atoms with Crippen LogP contribution in [0.15, 0.2) is 36.5 Å². The number of esters is 1. The van der Waals surface area contributed by atoms with Crippen LogP contribution < -0.4 is 5.32 Å². The summed E-state index contributed by atoms with van der Waals surface area (Å²) in [6.45, 7) is 4.86. The van der Waals surface area contributed by atoms with E-state index in [1.807, 2.05) is 6.08 Å². The molecule has 1 amide bonds. The fourth-order valence-electron chi connectivity index (χ4n) is 8.19. The quantitative estimate of drug-likeness (QED) is 0.0321. The van der Waals surface area contributed by atoms with E-state index in [2.05, 4.69) is 43.5 Å². The molecular weight excluding hydrogens is 767 g/mol. The standard InChI is InChI=1S/C56H105NO5/c1-3-5-7-9-11-13-15-17-18-23-26-30-34-38-42-46-50-56(61)62-51-47-43-39-35-31-27-24-21-19-20-22-25-29-33-37-41-45-49-55(60)57-53(52-58)54(59)48-44-40-36-32-28-16-14-12-10-8-6-4-2/h13,15,18,23,44,48,53-54,58-59H,3-12,14,16-17,19-22,24-43,45-47,49-52H2,1-2H3,(H,57,60)/b15-13-,23-18-,48-44+. The van der Waals surface area contributed by atoms with Crippen molar-refractivity contribution >= 4 is 11.9 Å². The lowest BCUT2D eigenvalue weighted by Crippen LogP contribution is -2.45. The van der Waals surface area contributed by atoms with E-state index in [1.165, 1.54) is 205 Å². The Labute approximate surface area is 385 Å².